The van der Waals surface area contributed by atoms with E-state index in [1.807, 2.05) is 6.20 Å². The fourth-order valence-corrected chi connectivity index (χ4v) is 2.77. The average Bonchev–Trinajstić information content (AvgIpc) is 2.51. The summed E-state index contributed by atoms with van der Waals surface area (Å²) >= 11 is 1.61. The number of aromatic nitrogens is 1. The van der Waals surface area contributed by atoms with Crippen LogP contribution in [-0.2, 0) is 6.54 Å². The Morgan fingerprint density at radius 3 is 3.21 bits per heavy atom. The van der Waals surface area contributed by atoms with Crippen LogP contribution in [0.5, 0.6) is 0 Å². The topological polar surface area (TPSA) is 42.2 Å². The lowest BCUT2D eigenvalue weighted by molar-refractivity contribution is 0.178. The molecular weight excluding hydrogens is 194 g/mol. The maximum absolute atomic E-state index is 5.60. The van der Waals surface area contributed by atoms with E-state index >= 15 is 0 Å². The lowest BCUT2D eigenvalue weighted by Crippen LogP contribution is -2.33. The molecule has 0 saturated carbocycles. The van der Waals surface area contributed by atoms with Crippen LogP contribution in [0.15, 0.2) is 6.20 Å². The third-order valence-electron chi connectivity index (χ3n) is 2.69. The molecule has 2 N–H and O–H groups in total. The summed E-state index contributed by atoms with van der Waals surface area (Å²) in [5.74, 6) is 0.842. The molecule has 0 spiro atoms. The van der Waals surface area contributed by atoms with Crippen molar-refractivity contribution in [2.45, 2.75) is 26.3 Å². The minimum atomic E-state index is 0.685. The Morgan fingerprint density at radius 2 is 2.57 bits per heavy atom. The standard InChI is InChI=1S/C10H17N3S/c1-8-3-2-4-13(6-8)7-9-5-12-10(11)14-9/h5,8H,2-4,6-7H2,1H3,(H2,11,12)/t8-/m0/s1. The number of hydrogen-bond donors (Lipinski definition) is 1. The first-order valence-corrected chi connectivity index (χ1v) is 5.98. The number of nitrogens with zero attached hydrogens (tertiary/aromatic N) is 2. The van der Waals surface area contributed by atoms with Crippen LogP contribution in [0, 0.1) is 5.92 Å². The van der Waals surface area contributed by atoms with E-state index in [1.165, 1.54) is 30.8 Å². The predicted molar refractivity (Wildman–Crippen MR) is 60.2 cm³/mol. The van der Waals surface area contributed by atoms with Crippen molar-refractivity contribution in [2.75, 3.05) is 18.8 Å². The van der Waals surface area contributed by atoms with Gasteiger partial charge in [-0.3, -0.25) is 4.90 Å². The molecule has 0 aromatic carbocycles. The smallest absolute Gasteiger partial charge is 0.180 e. The monoisotopic (exact) mass is 211 g/mol. The van der Waals surface area contributed by atoms with Crippen molar-refractivity contribution < 1.29 is 0 Å². The third kappa shape index (κ3) is 2.45. The first-order chi connectivity index (χ1) is 6.74. The lowest BCUT2D eigenvalue weighted by Gasteiger charge is -2.30. The molecule has 1 aromatic rings. The molecule has 4 heteroatoms. The molecule has 2 rings (SSSR count). The van der Waals surface area contributed by atoms with E-state index in [2.05, 4.69) is 16.8 Å². The number of anilines is 1. The fraction of sp³-hybridized carbons (Fsp3) is 0.700. The Labute approximate surface area is 88.9 Å². The number of piperidine rings is 1. The lowest BCUT2D eigenvalue weighted by atomic mass is 10.0. The Balaban J connectivity index is 1.90. The largest absolute Gasteiger partial charge is 0.375 e. The van der Waals surface area contributed by atoms with Crippen LogP contribution in [-0.4, -0.2) is 23.0 Å². The maximum atomic E-state index is 5.60. The second kappa shape index (κ2) is 4.28. The van der Waals surface area contributed by atoms with Crippen molar-refractivity contribution in [1.29, 1.82) is 0 Å². The van der Waals surface area contributed by atoms with E-state index in [9.17, 15) is 0 Å². The van der Waals surface area contributed by atoms with Gasteiger partial charge in [-0.1, -0.05) is 6.92 Å². The molecule has 3 nitrogen and oxygen atoms in total. The molecule has 1 aliphatic rings. The number of nitrogen functional groups attached to an aromatic ring is 1. The Kier molecular flexibility index (Phi) is 3.03. The summed E-state index contributed by atoms with van der Waals surface area (Å²) in [6.07, 6.45) is 4.61. The summed E-state index contributed by atoms with van der Waals surface area (Å²) in [6, 6.07) is 0. The van der Waals surface area contributed by atoms with Gasteiger partial charge < -0.3 is 5.73 Å². The molecular formula is C10H17N3S. The van der Waals surface area contributed by atoms with Crippen LogP contribution in [0.4, 0.5) is 5.13 Å². The zero-order chi connectivity index (χ0) is 9.97. The minimum absolute atomic E-state index is 0.685. The zero-order valence-corrected chi connectivity index (χ0v) is 9.39. The average molecular weight is 211 g/mol. The van der Waals surface area contributed by atoms with Crippen molar-refractivity contribution >= 4 is 16.5 Å². The highest BCUT2D eigenvalue weighted by Gasteiger charge is 2.16. The quantitative estimate of drug-likeness (QED) is 0.813. The third-order valence-corrected chi connectivity index (χ3v) is 3.50. The second-order valence-electron chi connectivity index (χ2n) is 4.15. The molecule has 0 amide bonds. The van der Waals surface area contributed by atoms with Crippen LogP contribution >= 0.6 is 11.3 Å². The van der Waals surface area contributed by atoms with Gasteiger partial charge in [-0.05, 0) is 25.3 Å². The van der Waals surface area contributed by atoms with Gasteiger partial charge in [-0.15, -0.1) is 11.3 Å². The molecule has 1 atom stereocenters. The van der Waals surface area contributed by atoms with Gasteiger partial charge in [-0.2, -0.15) is 0 Å². The number of likely N-dealkylation sites (tertiary alicyclic amines) is 1. The molecule has 1 saturated heterocycles. The first kappa shape index (κ1) is 9.93. The minimum Gasteiger partial charge on any atom is -0.375 e. The summed E-state index contributed by atoms with van der Waals surface area (Å²) in [6.45, 7) is 5.80. The van der Waals surface area contributed by atoms with Crippen molar-refractivity contribution in [1.82, 2.24) is 9.88 Å². The molecule has 1 aliphatic heterocycles. The molecule has 14 heavy (non-hydrogen) atoms. The van der Waals surface area contributed by atoms with Crippen molar-refractivity contribution in [3.8, 4) is 0 Å². The van der Waals surface area contributed by atoms with Gasteiger partial charge in [0.15, 0.2) is 5.13 Å². The SMILES string of the molecule is C[C@H]1CCCN(Cc2cnc(N)s2)C1. The van der Waals surface area contributed by atoms with Gasteiger partial charge in [0.05, 0.1) is 0 Å². The number of rotatable bonds is 2. The maximum Gasteiger partial charge on any atom is 0.180 e. The molecule has 0 bridgehead atoms. The Morgan fingerprint density at radius 1 is 1.71 bits per heavy atom. The highest BCUT2D eigenvalue weighted by molar-refractivity contribution is 7.15. The molecule has 2 heterocycles. The summed E-state index contributed by atoms with van der Waals surface area (Å²) in [7, 11) is 0. The fourth-order valence-electron chi connectivity index (χ4n) is 2.05. The second-order valence-corrected chi connectivity index (χ2v) is 5.29. The molecule has 78 valence electrons. The highest BCUT2D eigenvalue weighted by atomic mass is 32.1. The zero-order valence-electron chi connectivity index (χ0n) is 8.57. The van der Waals surface area contributed by atoms with Crippen LogP contribution in [0.1, 0.15) is 24.6 Å². The van der Waals surface area contributed by atoms with E-state index < -0.39 is 0 Å². The van der Waals surface area contributed by atoms with E-state index in [0.29, 0.717) is 5.13 Å². The van der Waals surface area contributed by atoms with E-state index in [-0.39, 0.29) is 0 Å². The molecule has 1 aromatic heterocycles. The normalized spacial score (nSPS) is 23.9. The number of nitrogens with two attached hydrogens (primary N) is 1. The van der Waals surface area contributed by atoms with E-state index in [0.717, 1.165) is 12.5 Å². The predicted octanol–water partition coefficient (Wildman–Crippen LogP) is 1.96. The molecule has 1 fully saturated rings. The van der Waals surface area contributed by atoms with Gasteiger partial charge in [0, 0.05) is 24.2 Å². The number of hydrogen-bond acceptors (Lipinski definition) is 4. The summed E-state index contributed by atoms with van der Waals surface area (Å²) in [5.41, 5.74) is 5.60. The Hall–Kier alpha value is -0.610. The van der Waals surface area contributed by atoms with Gasteiger partial charge in [-0.25, -0.2) is 4.98 Å². The van der Waals surface area contributed by atoms with Crippen molar-refractivity contribution in [3.63, 3.8) is 0 Å². The van der Waals surface area contributed by atoms with Crippen LogP contribution < -0.4 is 5.73 Å². The van der Waals surface area contributed by atoms with Crippen molar-refractivity contribution in [2.24, 2.45) is 5.92 Å². The van der Waals surface area contributed by atoms with Crippen LogP contribution in [0.2, 0.25) is 0 Å². The first-order valence-electron chi connectivity index (χ1n) is 5.16. The molecule has 0 radical (unpaired) electrons. The molecule has 0 aliphatic carbocycles. The van der Waals surface area contributed by atoms with E-state index in [4.69, 9.17) is 5.73 Å². The molecule has 0 unspecified atom stereocenters. The summed E-state index contributed by atoms with van der Waals surface area (Å²) in [4.78, 5) is 7.86. The van der Waals surface area contributed by atoms with Gasteiger partial charge in [0.1, 0.15) is 0 Å². The summed E-state index contributed by atoms with van der Waals surface area (Å²) < 4.78 is 0. The summed E-state index contributed by atoms with van der Waals surface area (Å²) in [5, 5.41) is 0.685. The van der Waals surface area contributed by atoms with Gasteiger partial charge in [0.25, 0.3) is 0 Å². The van der Waals surface area contributed by atoms with Crippen LogP contribution in [0.25, 0.3) is 0 Å². The van der Waals surface area contributed by atoms with Crippen molar-refractivity contribution in [3.05, 3.63) is 11.1 Å². The highest BCUT2D eigenvalue weighted by Crippen LogP contribution is 2.21. The Bertz CT molecular complexity index is 297. The van der Waals surface area contributed by atoms with Gasteiger partial charge in [0.2, 0.25) is 0 Å². The van der Waals surface area contributed by atoms with Gasteiger partial charge >= 0.3 is 0 Å². The van der Waals surface area contributed by atoms with Crippen LogP contribution in [0.3, 0.4) is 0 Å². The van der Waals surface area contributed by atoms with E-state index in [1.54, 1.807) is 11.3 Å². The number of thiazole rings is 1.